The molecule has 1 aromatic carbocycles. The monoisotopic (exact) mass is 344 g/mol. The summed E-state index contributed by atoms with van der Waals surface area (Å²) in [7, 11) is 0. The second kappa shape index (κ2) is 4.26. The van der Waals surface area contributed by atoms with E-state index in [1.54, 1.807) is 12.1 Å². The first-order valence-electron chi connectivity index (χ1n) is 4.78. The van der Waals surface area contributed by atoms with Gasteiger partial charge in [0.2, 0.25) is 0 Å². The molecule has 0 atom stereocenters. The lowest BCUT2D eigenvalue weighted by atomic mass is 9.98. The van der Waals surface area contributed by atoms with Crippen molar-refractivity contribution in [3.63, 3.8) is 0 Å². The van der Waals surface area contributed by atoms with E-state index in [-0.39, 0.29) is 14.7 Å². The van der Waals surface area contributed by atoms with Crippen molar-refractivity contribution < 1.29 is 10.2 Å². The topological polar surface area (TPSA) is 40.5 Å². The molecule has 0 unspecified atom stereocenters. The molecule has 0 spiro atoms. The van der Waals surface area contributed by atoms with Crippen molar-refractivity contribution in [1.82, 2.24) is 0 Å². The maximum absolute atomic E-state index is 9.76. The first-order chi connectivity index (χ1) is 7.49. The SMILES string of the molecule is Oc1cccc(C2=CC(Br)(Br)CC=C2)c1O. The highest BCUT2D eigenvalue weighted by Crippen LogP contribution is 2.42. The maximum atomic E-state index is 9.76. The molecule has 0 fully saturated rings. The molecule has 1 aliphatic rings. The molecule has 0 saturated carbocycles. The normalized spacial score (nSPS) is 18.2. The fraction of sp³-hybridized carbons (Fsp3) is 0.167. The Morgan fingerprint density at radius 1 is 1.19 bits per heavy atom. The molecule has 16 heavy (non-hydrogen) atoms. The first kappa shape index (κ1) is 11.7. The third-order valence-electron chi connectivity index (χ3n) is 2.38. The lowest BCUT2D eigenvalue weighted by molar-refractivity contribution is 0.402. The second-order valence-electron chi connectivity index (χ2n) is 3.64. The van der Waals surface area contributed by atoms with Gasteiger partial charge in [-0.3, -0.25) is 0 Å². The number of para-hydroxylation sites is 1. The van der Waals surface area contributed by atoms with Gasteiger partial charge in [-0.2, -0.15) is 0 Å². The smallest absolute Gasteiger partial charge is 0.165 e. The number of halogens is 2. The molecule has 1 aliphatic carbocycles. The van der Waals surface area contributed by atoms with E-state index in [9.17, 15) is 10.2 Å². The van der Waals surface area contributed by atoms with Crippen molar-refractivity contribution in [2.75, 3.05) is 0 Å². The zero-order chi connectivity index (χ0) is 11.8. The second-order valence-corrected chi connectivity index (χ2v) is 7.53. The summed E-state index contributed by atoms with van der Waals surface area (Å²) in [4.78, 5) is 0. The fourth-order valence-electron chi connectivity index (χ4n) is 1.61. The fourth-order valence-corrected chi connectivity index (χ4v) is 2.48. The van der Waals surface area contributed by atoms with Crippen LogP contribution in [0.15, 0.2) is 36.4 Å². The molecule has 2 nitrogen and oxygen atoms in total. The van der Waals surface area contributed by atoms with Gasteiger partial charge in [-0.1, -0.05) is 56.1 Å². The number of alkyl halides is 2. The Labute approximate surface area is 111 Å². The highest BCUT2D eigenvalue weighted by molar-refractivity contribution is 9.25. The summed E-state index contributed by atoms with van der Waals surface area (Å²) in [5.74, 6) is -0.191. The van der Waals surface area contributed by atoms with Crippen LogP contribution in [0, 0.1) is 0 Å². The maximum Gasteiger partial charge on any atom is 0.165 e. The Morgan fingerprint density at radius 3 is 2.62 bits per heavy atom. The van der Waals surface area contributed by atoms with Gasteiger partial charge in [0.15, 0.2) is 11.5 Å². The van der Waals surface area contributed by atoms with Gasteiger partial charge in [0.1, 0.15) is 3.23 Å². The molecule has 0 aromatic heterocycles. The van der Waals surface area contributed by atoms with Gasteiger partial charge >= 0.3 is 0 Å². The van der Waals surface area contributed by atoms with E-state index < -0.39 is 0 Å². The molecule has 0 heterocycles. The largest absolute Gasteiger partial charge is 0.504 e. The minimum absolute atomic E-state index is 0.0869. The van der Waals surface area contributed by atoms with Crippen molar-refractivity contribution in [3.8, 4) is 11.5 Å². The average Bonchev–Trinajstić information content (AvgIpc) is 2.20. The Morgan fingerprint density at radius 2 is 1.94 bits per heavy atom. The zero-order valence-corrected chi connectivity index (χ0v) is 11.5. The molecular weight excluding hydrogens is 336 g/mol. The van der Waals surface area contributed by atoms with Crippen LogP contribution < -0.4 is 0 Å². The number of hydrogen-bond donors (Lipinski definition) is 2. The van der Waals surface area contributed by atoms with Crippen LogP contribution in [0.2, 0.25) is 0 Å². The zero-order valence-electron chi connectivity index (χ0n) is 8.32. The van der Waals surface area contributed by atoms with Crippen LogP contribution >= 0.6 is 31.9 Å². The molecule has 0 radical (unpaired) electrons. The minimum Gasteiger partial charge on any atom is -0.504 e. The van der Waals surface area contributed by atoms with Gasteiger partial charge in [-0.25, -0.2) is 0 Å². The summed E-state index contributed by atoms with van der Waals surface area (Å²) in [5, 5.41) is 19.2. The van der Waals surface area contributed by atoms with Crippen molar-refractivity contribution >= 4 is 37.4 Å². The van der Waals surface area contributed by atoms with Gasteiger partial charge in [-0.15, -0.1) is 0 Å². The predicted molar refractivity (Wildman–Crippen MR) is 72.1 cm³/mol. The number of phenols is 2. The molecular formula is C12H10Br2O2. The van der Waals surface area contributed by atoms with Gasteiger partial charge in [0, 0.05) is 5.56 Å². The first-order valence-corrected chi connectivity index (χ1v) is 6.37. The van der Waals surface area contributed by atoms with Crippen LogP contribution in [-0.4, -0.2) is 13.4 Å². The van der Waals surface area contributed by atoms with E-state index in [1.165, 1.54) is 6.07 Å². The highest BCUT2D eigenvalue weighted by atomic mass is 79.9. The number of benzene rings is 1. The predicted octanol–water partition coefficient (Wildman–Crippen LogP) is 3.93. The highest BCUT2D eigenvalue weighted by Gasteiger charge is 2.23. The van der Waals surface area contributed by atoms with E-state index in [0.29, 0.717) is 5.56 Å². The average molecular weight is 346 g/mol. The Balaban J connectivity index is 2.49. The van der Waals surface area contributed by atoms with Crippen LogP contribution in [0.1, 0.15) is 12.0 Å². The number of hydrogen-bond acceptors (Lipinski definition) is 2. The van der Waals surface area contributed by atoms with Crippen molar-refractivity contribution in [3.05, 3.63) is 42.0 Å². The Kier molecular flexibility index (Phi) is 3.13. The number of allylic oxidation sites excluding steroid dienone is 4. The molecule has 4 heteroatoms. The molecule has 2 rings (SSSR count). The quantitative estimate of drug-likeness (QED) is 0.598. The van der Waals surface area contributed by atoms with E-state index in [4.69, 9.17) is 0 Å². The lowest BCUT2D eigenvalue weighted by Gasteiger charge is -2.20. The summed E-state index contributed by atoms with van der Waals surface area (Å²) < 4.78 is -0.276. The minimum atomic E-state index is -0.276. The van der Waals surface area contributed by atoms with Crippen molar-refractivity contribution in [1.29, 1.82) is 0 Å². The van der Waals surface area contributed by atoms with E-state index in [2.05, 4.69) is 31.9 Å². The number of aromatic hydroxyl groups is 2. The van der Waals surface area contributed by atoms with Crippen LogP contribution in [0.5, 0.6) is 11.5 Å². The summed E-state index contributed by atoms with van der Waals surface area (Å²) in [5.41, 5.74) is 1.49. The van der Waals surface area contributed by atoms with E-state index >= 15 is 0 Å². The summed E-state index contributed by atoms with van der Waals surface area (Å²) >= 11 is 7.04. The van der Waals surface area contributed by atoms with Gasteiger partial charge < -0.3 is 10.2 Å². The summed E-state index contributed by atoms with van der Waals surface area (Å²) in [6, 6.07) is 4.94. The Hall–Kier alpha value is -0.740. The Bertz CT molecular complexity index is 476. The summed E-state index contributed by atoms with van der Waals surface area (Å²) in [6.45, 7) is 0. The number of rotatable bonds is 1. The van der Waals surface area contributed by atoms with E-state index in [1.807, 2.05) is 18.2 Å². The summed E-state index contributed by atoms with van der Waals surface area (Å²) in [6.07, 6.45) is 6.72. The van der Waals surface area contributed by atoms with Crippen LogP contribution in [0.3, 0.4) is 0 Å². The van der Waals surface area contributed by atoms with Crippen molar-refractivity contribution in [2.45, 2.75) is 9.65 Å². The molecule has 0 aliphatic heterocycles. The number of phenolic OH excluding ortho intramolecular Hbond substituents is 2. The molecule has 1 aromatic rings. The third kappa shape index (κ3) is 2.33. The van der Waals surface area contributed by atoms with E-state index in [0.717, 1.165) is 12.0 Å². The molecule has 0 saturated heterocycles. The standard InChI is InChI=1S/C12H10Br2O2/c13-12(14)6-2-3-8(7-12)9-4-1-5-10(15)11(9)16/h1-5,7,15-16H,6H2. The third-order valence-corrected chi connectivity index (χ3v) is 3.49. The molecule has 0 bridgehead atoms. The lowest BCUT2D eigenvalue weighted by Crippen LogP contribution is -2.09. The molecule has 0 amide bonds. The molecule has 84 valence electrons. The van der Waals surface area contributed by atoms with Gasteiger partial charge in [0.25, 0.3) is 0 Å². The van der Waals surface area contributed by atoms with Crippen LogP contribution in [0.25, 0.3) is 5.57 Å². The molecule has 2 N–H and O–H groups in total. The van der Waals surface area contributed by atoms with Crippen LogP contribution in [-0.2, 0) is 0 Å². The van der Waals surface area contributed by atoms with Gasteiger partial charge in [0.05, 0.1) is 0 Å². The van der Waals surface area contributed by atoms with Crippen LogP contribution in [0.4, 0.5) is 0 Å². The van der Waals surface area contributed by atoms with Gasteiger partial charge in [-0.05, 0) is 24.1 Å². The van der Waals surface area contributed by atoms with Crippen molar-refractivity contribution in [2.24, 2.45) is 0 Å².